The third-order valence-electron chi connectivity index (χ3n) is 5.09. The molecule has 3 fully saturated rings. The minimum Gasteiger partial charge on any atom is -0.396 e. The maximum atomic E-state index is 9.17. The van der Waals surface area contributed by atoms with Crippen molar-refractivity contribution < 1.29 is 5.11 Å². The molecule has 0 bridgehead atoms. The summed E-state index contributed by atoms with van der Waals surface area (Å²) in [6.07, 6.45) is 9.39. The van der Waals surface area contributed by atoms with Crippen LogP contribution in [0.3, 0.4) is 0 Å². The van der Waals surface area contributed by atoms with Gasteiger partial charge in [0.25, 0.3) is 0 Å². The molecule has 0 radical (unpaired) electrons. The monoisotopic (exact) mass is 252 g/mol. The smallest absolute Gasteiger partial charge is 0.0434 e. The van der Waals surface area contributed by atoms with Crippen LogP contribution in [0.4, 0.5) is 0 Å². The zero-order chi connectivity index (χ0) is 12.4. The summed E-state index contributed by atoms with van der Waals surface area (Å²) in [5.41, 5.74) is 0. The molecule has 0 aromatic heterocycles. The molecule has 3 heteroatoms. The summed E-state index contributed by atoms with van der Waals surface area (Å²) in [4.78, 5) is 2.68. The number of hydrogen-bond acceptors (Lipinski definition) is 3. The van der Waals surface area contributed by atoms with Gasteiger partial charge in [-0.15, -0.1) is 0 Å². The molecule has 2 unspecified atom stereocenters. The Hall–Kier alpha value is -0.120. The molecular formula is C15H28N2O. The molecule has 0 aromatic rings. The minimum absolute atomic E-state index is 0.360. The molecule has 1 heterocycles. The van der Waals surface area contributed by atoms with Gasteiger partial charge in [-0.05, 0) is 56.9 Å². The molecular weight excluding hydrogens is 224 g/mol. The standard InChI is InChI=1S/C15H28N2O/c18-7-6-13-8-14(16-9-12-2-1-3-12)11-17(10-13)15-4-5-15/h12-16,18H,1-11H2. The van der Waals surface area contributed by atoms with Crippen LogP contribution in [-0.2, 0) is 0 Å². The SMILES string of the molecule is OCCC1CC(NCC2CCC2)CN(C2CC2)C1. The molecule has 3 aliphatic rings. The summed E-state index contributed by atoms with van der Waals surface area (Å²) in [7, 11) is 0. The predicted molar refractivity (Wildman–Crippen MR) is 73.5 cm³/mol. The van der Waals surface area contributed by atoms with Crippen molar-refractivity contribution in [1.82, 2.24) is 10.2 Å². The topological polar surface area (TPSA) is 35.5 Å². The van der Waals surface area contributed by atoms with Crippen LogP contribution in [0, 0.1) is 11.8 Å². The zero-order valence-electron chi connectivity index (χ0n) is 11.5. The predicted octanol–water partition coefficient (Wildman–Crippen LogP) is 1.61. The maximum Gasteiger partial charge on any atom is 0.0434 e. The Morgan fingerprint density at radius 3 is 2.50 bits per heavy atom. The number of likely N-dealkylation sites (tertiary alicyclic amines) is 1. The van der Waals surface area contributed by atoms with Crippen LogP contribution in [-0.4, -0.2) is 48.3 Å². The second-order valence-corrected chi connectivity index (χ2v) is 6.70. The van der Waals surface area contributed by atoms with Crippen LogP contribution in [0.25, 0.3) is 0 Å². The highest BCUT2D eigenvalue weighted by atomic mass is 16.3. The van der Waals surface area contributed by atoms with Crippen molar-refractivity contribution >= 4 is 0 Å². The Bertz CT molecular complexity index is 263. The van der Waals surface area contributed by atoms with Gasteiger partial charge in [-0.25, -0.2) is 0 Å². The van der Waals surface area contributed by atoms with E-state index in [-0.39, 0.29) is 0 Å². The van der Waals surface area contributed by atoms with Crippen LogP contribution in [0.1, 0.15) is 44.9 Å². The van der Waals surface area contributed by atoms with Gasteiger partial charge in [-0.3, -0.25) is 4.90 Å². The van der Waals surface area contributed by atoms with E-state index in [1.807, 2.05) is 0 Å². The highest BCUT2D eigenvalue weighted by Crippen LogP contribution is 2.32. The van der Waals surface area contributed by atoms with E-state index in [1.165, 1.54) is 58.2 Å². The lowest BCUT2D eigenvalue weighted by molar-refractivity contribution is 0.110. The first kappa shape index (κ1) is 12.9. The lowest BCUT2D eigenvalue weighted by Gasteiger charge is -2.39. The van der Waals surface area contributed by atoms with E-state index in [2.05, 4.69) is 10.2 Å². The highest BCUT2D eigenvalue weighted by Gasteiger charge is 2.36. The minimum atomic E-state index is 0.360. The fraction of sp³-hybridized carbons (Fsp3) is 1.00. The molecule has 2 atom stereocenters. The van der Waals surface area contributed by atoms with E-state index in [0.717, 1.165) is 18.4 Å². The Labute approximate surface area is 111 Å². The summed E-state index contributed by atoms with van der Waals surface area (Å²) in [6, 6.07) is 1.55. The molecule has 2 saturated carbocycles. The molecule has 0 aromatic carbocycles. The summed E-state index contributed by atoms with van der Waals surface area (Å²) in [5.74, 6) is 1.67. The van der Waals surface area contributed by atoms with Crippen molar-refractivity contribution in [3.05, 3.63) is 0 Å². The number of nitrogens with zero attached hydrogens (tertiary/aromatic N) is 1. The van der Waals surface area contributed by atoms with E-state index in [9.17, 15) is 5.11 Å². The molecule has 0 amide bonds. The molecule has 18 heavy (non-hydrogen) atoms. The summed E-state index contributed by atoms with van der Waals surface area (Å²) in [6.45, 7) is 4.07. The molecule has 2 N–H and O–H groups in total. The Balaban J connectivity index is 1.47. The fourth-order valence-electron chi connectivity index (χ4n) is 3.55. The molecule has 1 saturated heterocycles. The average Bonchev–Trinajstić information content (AvgIpc) is 3.11. The molecule has 3 rings (SSSR count). The normalized spacial score (nSPS) is 34.5. The number of piperidine rings is 1. The van der Waals surface area contributed by atoms with E-state index in [4.69, 9.17) is 0 Å². The van der Waals surface area contributed by atoms with E-state index < -0.39 is 0 Å². The highest BCUT2D eigenvalue weighted by molar-refractivity contribution is 4.92. The maximum absolute atomic E-state index is 9.17. The molecule has 3 nitrogen and oxygen atoms in total. The second kappa shape index (κ2) is 5.89. The van der Waals surface area contributed by atoms with Gasteiger partial charge in [-0.2, -0.15) is 0 Å². The molecule has 1 aliphatic heterocycles. The fourth-order valence-corrected chi connectivity index (χ4v) is 3.55. The van der Waals surface area contributed by atoms with Crippen LogP contribution in [0.15, 0.2) is 0 Å². The molecule has 104 valence electrons. The first-order valence-corrected chi connectivity index (χ1v) is 7.93. The third kappa shape index (κ3) is 3.25. The number of rotatable bonds is 6. The molecule has 2 aliphatic carbocycles. The zero-order valence-corrected chi connectivity index (χ0v) is 11.5. The Morgan fingerprint density at radius 2 is 1.89 bits per heavy atom. The van der Waals surface area contributed by atoms with Gasteiger partial charge >= 0.3 is 0 Å². The quantitative estimate of drug-likeness (QED) is 0.754. The van der Waals surface area contributed by atoms with Crippen molar-refractivity contribution in [1.29, 1.82) is 0 Å². The lowest BCUT2D eigenvalue weighted by Crippen LogP contribution is -2.51. The van der Waals surface area contributed by atoms with Crippen LogP contribution in [0.2, 0.25) is 0 Å². The summed E-state index contributed by atoms with van der Waals surface area (Å²) < 4.78 is 0. The van der Waals surface area contributed by atoms with Gasteiger partial charge in [-0.1, -0.05) is 6.42 Å². The van der Waals surface area contributed by atoms with Crippen molar-refractivity contribution in [3.8, 4) is 0 Å². The summed E-state index contributed by atoms with van der Waals surface area (Å²) >= 11 is 0. The number of aliphatic hydroxyl groups excluding tert-OH is 1. The van der Waals surface area contributed by atoms with Gasteiger partial charge in [0.1, 0.15) is 0 Å². The first-order valence-electron chi connectivity index (χ1n) is 7.93. The van der Waals surface area contributed by atoms with E-state index in [0.29, 0.717) is 18.6 Å². The van der Waals surface area contributed by atoms with E-state index >= 15 is 0 Å². The van der Waals surface area contributed by atoms with Crippen molar-refractivity contribution in [2.24, 2.45) is 11.8 Å². The molecule has 0 spiro atoms. The van der Waals surface area contributed by atoms with Crippen LogP contribution < -0.4 is 5.32 Å². The van der Waals surface area contributed by atoms with Gasteiger partial charge in [0.05, 0.1) is 0 Å². The Kier molecular flexibility index (Phi) is 4.22. The largest absolute Gasteiger partial charge is 0.396 e. The first-order chi connectivity index (χ1) is 8.85. The van der Waals surface area contributed by atoms with Crippen LogP contribution >= 0.6 is 0 Å². The third-order valence-corrected chi connectivity index (χ3v) is 5.09. The second-order valence-electron chi connectivity index (χ2n) is 6.70. The number of nitrogens with one attached hydrogen (secondary N) is 1. The number of aliphatic hydroxyl groups is 1. The van der Waals surface area contributed by atoms with Gasteiger partial charge in [0.2, 0.25) is 0 Å². The van der Waals surface area contributed by atoms with Gasteiger partial charge < -0.3 is 10.4 Å². The number of hydrogen-bond donors (Lipinski definition) is 2. The lowest BCUT2D eigenvalue weighted by atomic mass is 9.84. The Morgan fingerprint density at radius 1 is 1.06 bits per heavy atom. The average molecular weight is 252 g/mol. The van der Waals surface area contributed by atoms with Crippen molar-refractivity contribution in [2.75, 3.05) is 26.2 Å². The van der Waals surface area contributed by atoms with Gasteiger partial charge in [0, 0.05) is 31.8 Å². The van der Waals surface area contributed by atoms with Crippen LogP contribution in [0.5, 0.6) is 0 Å². The summed E-state index contributed by atoms with van der Waals surface area (Å²) in [5, 5.41) is 13.0. The van der Waals surface area contributed by atoms with E-state index in [1.54, 1.807) is 0 Å². The van der Waals surface area contributed by atoms with Crippen molar-refractivity contribution in [2.45, 2.75) is 57.0 Å². The van der Waals surface area contributed by atoms with Gasteiger partial charge in [0.15, 0.2) is 0 Å². The van der Waals surface area contributed by atoms with Crippen molar-refractivity contribution in [3.63, 3.8) is 0 Å².